The number of amides is 1. The van der Waals surface area contributed by atoms with E-state index in [1.165, 1.54) is 0 Å². The van der Waals surface area contributed by atoms with E-state index in [0.717, 1.165) is 29.1 Å². The Bertz CT molecular complexity index is 676. The van der Waals surface area contributed by atoms with Crippen LogP contribution in [0.4, 0.5) is 0 Å². The molecule has 1 amide bonds. The SMILES string of the molecule is Cc1csc(-c2ccc(C(=O)NC(C)(CO)C3CC3)cc2)n1. The van der Waals surface area contributed by atoms with Crippen LogP contribution in [0.15, 0.2) is 29.6 Å². The van der Waals surface area contributed by atoms with Crippen molar-refractivity contribution in [3.8, 4) is 10.6 Å². The second-order valence-corrected chi connectivity index (χ2v) is 7.03. The number of hydrogen-bond acceptors (Lipinski definition) is 4. The summed E-state index contributed by atoms with van der Waals surface area (Å²) in [6.07, 6.45) is 2.14. The van der Waals surface area contributed by atoms with Gasteiger partial charge in [0.1, 0.15) is 5.01 Å². The Morgan fingerprint density at radius 3 is 2.59 bits per heavy atom. The van der Waals surface area contributed by atoms with E-state index < -0.39 is 5.54 Å². The first kappa shape index (κ1) is 15.2. The lowest BCUT2D eigenvalue weighted by Crippen LogP contribution is -2.50. The minimum Gasteiger partial charge on any atom is -0.394 e. The van der Waals surface area contributed by atoms with E-state index in [4.69, 9.17) is 0 Å². The van der Waals surface area contributed by atoms with Crippen molar-refractivity contribution in [3.05, 3.63) is 40.9 Å². The maximum atomic E-state index is 12.4. The van der Waals surface area contributed by atoms with Gasteiger partial charge < -0.3 is 10.4 Å². The molecular weight excluding hydrogens is 296 g/mol. The lowest BCUT2D eigenvalue weighted by molar-refractivity contribution is 0.0824. The van der Waals surface area contributed by atoms with E-state index in [-0.39, 0.29) is 12.5 Å². The molecule has 1 aromatic carbocycles. The number of aliphatic hydroxyl groups excluding tert-OH is 1. The maximum absolute atomic E-state index is 12.4. The molecule has 1 aliphatic rings. The number of aliphatic hydroxyl groups is 1. The molecule has 3 rings (SSSR count). The first-order valence-corrected chi connectivity index (χ1v) is 8.36. The Morgan fingerprint density at radius 2 is 2.09 bits per heavy atom. The lowest BCUT2D eigenvalue weighted by atomic mass is 9.96. The zero-order valence-electron chi connectivity index (χ0n) is 12.8. The molecule has 1 saturated carbocycles. The van der Waals surface area contributed by atoms with E-state index in [9.17, 15) is 9.90 Å². The number of carbonyl (C=O) groups excluding carboxylic acids is 1. The first-order valence-electron chi connectivity index (χ1n) is 7.48. The molecule has 116 valence electrons. The van der Waals surface area contributed by atoms with Gasteiger partial charge >= 0.3 is 0 Å². The fraction of sp³-hybridized carbons (Fsp3) is 0.412. The lowest BCUT2D eigenvalue weighted by Gasteiger charge is -2.28. The van der Waals surface area contributed by atoms with Gasteiger partial charge in [-0.3, -0.25) is 4.79 Å². The van der Waals surface area contributed by atoms with Crippen molar-refractivity contribution in [2.75, 3.05) is 6.61 Å². The van der Waals surface area contributed by atoms with Gasteiger partial charge in [0, 0.05) is 22.2 Å². The summed E-state index contributed by atoms with van der Waals surface area (Å²) in [6.45, 7) is 3.85. The molecule has 0 bridgehead atoms. The summed E-state index contributed by atoms with van der Waals surface area (Å²) in [7, 11) is 0. The van der Waals surface area contributed by atoms with E-state index in [0.29, 0.717) is 11.5 Å². The summed E-state index contributed by atoms with van der Waals surface area (Å²) < 4.78 is 0. The Morgan fingerprint density at radius 1 is 1.41 bits per heavy atom. The van der Waals surface area contributed by atoms with Crippen LogP contribution in [0, 0.1) is 12.8 Å². The van der Waals surface area contributed by atoms with Gasteiger partial charge in [-0.25, -0.2) is 4.98 Å². The number of nitrogens with one attached hydrogen (secondary N) is 1. The van der Waals surface area contributed by atoms with Crippen LogP contribution in [0.25, 0.3) is 10.6 Å². The van der Waals surface area contributed by atoms with Gasteiger partial charge in [0.2, 0.25) is 0 Å². The average molecular weight is 316 g/mol. The molecule has 2 N–H and O–H groups in total. The van der Waals surface area contributed by atoms with E-state index >= 15 is 0 Å². The highest BCUT2D eigenvalue weighted by atomic mass is 32.1. The van der Waals surface area contributed by atoms with Crippen LogP contribution >= 0.6 is 11.3 Å². The molecule has 2 aromatic rings. The molecule has 1 aliphatic carbocycles. The quantitative estimate of drug-likeness (QED) is 0.891. The van der Waals surface area contributed by atoms with Crippen LogP contribution < -0.4 is 5.32 Å². The molecule has 0 spiro atoms. The van der Waals surface area contributed by atoms with Gasteiger partial charge in [-0.1, -0.05) is 12.1 Å². The van der Waals surface area contributed by atoms with Gasteiger partial charge in [0.05, 0.1) is 12.1 Å². The highest BCUT2D eigenvalue weighted by Crippen LogP contribution is 2.39. The van der Waals surface area contributed by atoms with Crippen molar-refractivity contribution < 1.29 is 9.90 Å². The van der Waals surface area contributed by atoms with Crippen molar-refractivity contribution in [1.29, 1.82) is 0 Å². The molecule has 4 nitrogen and oxygen atoms in total. The van der Waals surface area contributed by atoms with E-state index in [1.54, 1.807) is 11.3 Å². The Hall–Kier alpha value is -1.72. The third-order valence-corrected chi connectivity index (χ3v) is 5.23. The normalized spacial score (nSPS) is 17.0. The Balaban J connectivity index is 1.73. The summed E-state index contributed by atoms with van der Waals surface area (Å²) in [5, 5.41) is 15.5. The molecule has 1 atom stereocenters. The smallest absolute Gasteiger partial charge is 0.251 e. The third-order valence-electron chi connectivity index (χ3n) is 4.22. The number of thiazole rings is 1. The number of aromatic nitrogens is 1. The summed E-state index contributed by atoms with van der Waals surface area (Å²) in [4.78, 5) is 16.8. The van der Waals surface area contributed by atoms with Gasteiger partial charge in [0.15, 0.2) is 0 Å². The summed E-state index contributed by atoms with van der Waals surface area (Å²) in [5.41, 5.74) is 2.12. The molecule has 22 heavy (non-hydrogen) atoms. The van der Waals surface area contributed by atoms with Crippen molar-refractivity contribution in [2.45, 2.75) is 32.2 Å². The van der Waals surface area contributed by atoms with Gasteiger partial charge in [0.25, 0.3) is 5.91 Å². The molecule has 0 saturated heterocycles. The van der Waals surface area contributed by atoms with Crippen molar-refractivity contribution >= 4 is 17.2 Å². The zero-order chi connectivity index (χ0) is 15.7. The second kappa shape index (κ2) is 5.82. The monoisotopic (exact) mass is 316 g/mol. The topological polar surface area (TPSA) is 62.2 Å². The summed E-state index contributed by atoms with van der Waals surface area (Å²) >= 11 is 1.60. The van der Waals surface area contributed by atoms with Crippen molar-refractivity contribution in [3.63, 3.8) is 0 Å². The number of nitrogens with zero attached hydrogens (tertiary/aromatic N) is 1. The van der Waals surface area contributed by atoms with Crippen LogP contribution in [-0.2, 0) is 0 Å². The first-order chi connectivity index (χ1) is 10.5. The molecule has 1 unspecified atom stereocenters. The predicted octanol–water partition coefficient (Wildman–Crippen LogP) is 3.01. The summed E-state index contributed by atoms with van der Waals surface area (Å²) in [6, 6.07) is 7.46. The molecule has 0 aliphatic heterocycles. The van der Waals surface area contributed by atoms with E-state index in [2.05, 4.69) is 10.3 Å². The Kier molecular flexibility index (Phi) is 4.02. The molecular formula is C17H20N2O2S. The molecule has 1 fully saturated rings. The minimum atomic E-state index is -0.512. The van der Waals surface area contributed by atoms with Crippen LogP contribution in [-0.4, -0.2) is 28.1 Å². The second-order valence-electron chi connectivity index (χ2n) is 6.18. The predicted molar refractivity (Wildman–Crippen MR) is 88.0 cm³/mol. The third kappa shape index (κ3) is 3.05. The van der Waals surface area contributed by atoms with Gasteiger partial charge in [-0.15, -0.1) is 11.3 Å². The van der Waals surface area contributed by atoms with Gasteiger partial charge in [-0.05, 0) is 44.7 Å². The van der Waals surface area contributed by atoms with Crippen LogP contribution in [0.3, 0.4) is 0 Å². The highest BCUT2D eigenvalue weighted by molar-refractivity contribution is 7.13. The Labute approximate surface area is 134 Å². The van der Waals surface area contributed by atoms with E-state index in [1.807, 2.05) is 43.5 Å². The standard InChI is InChI=1S/C17H20N2O2S/c1-11-9-22-16(18-11)13-5-3-12(4-6-13)15(21)19-17(2,10-20)14-7-8-14/h3-6,9,14,20H,7-8,10H2,1-2H3,(H,19,21). The van der Waals surface area contributed by atoms with Crippen LogP contribution in [0.1, 0.15) is 35.8 Å². The van der Waals surface area contributed by atoms with Gasteiger partial charge in [-0.2, -0.15) is 0 Å². The highest BCUT2D eigenvalue weighted by Gasteiger charge is 2.42. The largest absolute Gasteiger partial charge is 0.394 e. The van der Waals surface area contributed by atoms with Crippen LogP contribution in [0.2, 0.25) is 0 Å². The number of hydrogen-bond donors (Lipinski definition) is 2. The van der Waals surface area contributed by atoms with Crippen LogP contribution in [0.5, 0.6) is 0 Å². The number of rotatable bonds is 5. The van der Waals surface area contributed by atoms with Crippen molar-refractivity contribution in [2.24, 2.45) is 5.92 Å². The minimum absolute atomic E-state index is 0.0279. The molecule has 1 aromatic heterocycles. The fourth-order valence-electron chi connectivity index (χ4n) is 2.57. The fourth-order valence-corrected chi connectivity index (χ4v) is 3.38. The number of carbonyl (C=O) groups is 1. The molecule has 1 heterocycles. The molecule has 0 radical (unpaired) electrons. The zero-order valence-corrected chi connectivity index (χ0v) is 13.6. The average Bonchev–Trinajstić information content (AvgIpc) is 3.30. The maximum Gasteiger partial charge on any atom is 0.251 e. The summed E-state index contributed by atoms with van der Waals surface area (Å²) in [5.74, 6) is 0.254. The molecule has 5 heteroatoms. The van der Waals surface area contributed by atoms with Crippen molar-refractivity contribution in [1.82, 2.24) is 10.3 Å². The number of benzene rings is 1. The number of aryl methyl sites for hydroxylation is 1.